The average molecular weight is 320 g/mol. The third kappa shape index (κ3) is 2.31. The summed E-state index contributed by atoms with van der Waals surface area (Å²) in [6, 6.07) is 7.82. The molecular formula is C19H28O4. The fourth-order valence-corrected chi connectivity index (χ4v) is 4.63. The molecule has 3 rings (SSSR count). The number of hydrogen-bond acceptors (Lipinski definition) is 4. The van der Waals surface area contributed by atoms with E-state index in [2.05, 4.69) is 20.8 Å². The van der Waals surface area contributed by atoms with Gasteiger partial charge in [-0.25, -0.2) is 0 Å². The van der Waals surface area contributed by atoms with Crippen LogP contribution >= 0.6 is 0 Å². The Hall–Kier alpha value is -1.10. The summed E-state index contributed by atoms with van der Waals surface area (Å²) in [7, 11) is 1.66. The van der Waals surface area contributed by atoms with Gasteiger partial charge >= 0.3 is 0 Å². The molecule has 4 atom stereocenters. The van der Waals surface area contributed by atoms with Gasteiger partial charge < -0.3 is 19.3 Å². The van der Waals surface area contributed by atoms with E-state index in [0.717, 1.165) is 24.2 Å². The first-order valence-electron chi connectivity index (χ1n) is 8.43. The third-order valence-electron chi connectivity index (χ3n) is 5.86. The summed E-state index contributed by atoms with van der Waals surface area (Å²) in [6.45, 7) is 8.55. The van der Waals surface area contributed by atoms with E-state index in [4.69, 9.17) is 14.2 Å². The van der Waals surface area contributed by atoms with Crippen LogP contribution in [0.1, 0.15) is 46.1 Å². The highest BCUT2D eigenvalue weighted by atomic mass is 16.6. The number of para-hydroxylation sites is 1. The van der Waals surface area contributed by atoms with E-state index in [1.165, 1.54) is 0 Å². The van der Waals surface area contributed by atoms with Gasteiger partial charge in [0, 0.05) is 5.56 Å². The highest BCUT2D eigenvalue weighted by molar-refractivity contribution is 5.32. The summed E-state index contributed by atoms with van der Waals surface area (Å²) in [5.41, 5.74) is -0.977. The highest BCUT2D eigenvalue weighted by Gasteiger charge is 2.72. The van der Waals surface area contributed by atoms with Crippen molar-refractivity contribution in [2.45, 2.75) is 70.1 Å². The molecule has 4 nitrogen and oxygen atoms in total. The SMILES string of the molecule is COc1ccccc1CO[C@@H]1C(C)(O)[C@@]2(C(C)C)CC[C@]1(C)O2. The van der Waals surface area contributed by atoms with Crippen LogP contribution in [0.25, 0.3) is 0 Å². The maximum absolute atomic E-state index is 11.3. The van der Waals surface area contributed by atoms with Crippen molar-refractivity contribution in [2.24, 2.45) is 5.92 Å². The second-order valence-corrected chi connectivity index (χ2v) is 7.61. The monoisotopic (exact) mass is 320 g/mol. The van der Waals surface area contributed by atoms with Gasteiger partial charge in [0.1, 0.15) is 23.1 Å². The van der Waals surface area contributed by atoms with Gasteiger partial charge in [0.25, 0.3) is 0 Å². The second kappa shape index (κ2) is 5.47. The second-order valence-electron chi connectivity index (χ2n) is 7.61. The highest BCUT2D eigenvalue weighted by Crippen LogP contribution is 2.60. The van der Waals surface area contributed by atoms with E-state index in [1.54, 1.807) is 7.11 Å². The van der Waals surface area contributed by atoms with Crippen LogP contribution in [0, 0.1) is 5.92 Å². The normalized spacial score (nSPS) is 39.2. The summed E-state index contributed by atoms with van der Waals surface area (Å²) >= 11 is 0. The van der Waals surface area contributed by atoms with Crippen LogP contribution < -0.4 is 4.74 Å². The van der Waals surface area contributed by atoms with Crippen LogP contribution in [0.5, 0.6) is 5.75 Å². The van der Waals surface area contributed by atoms with E-state index < -0.39 is 16.8 Å². The maximum Gasteiger partial charge on any atom is 0.124 e. The van der Waals surface area contributed by atoms with Crippen molar-refractivity contribution in [3.05, 3.63) is 29.8 Å². The molecule has 4 heteroatoms. The Morgan fingerprint density at radius 3 is 2.57 bits per heavy atom. The molecule has 0 aromatic heterocycles. The molecule has 23 heavy (non-hydrogen) atoms. The first-order chi connectivity index (χ1) is 10.8. The van der Waals surface area contributed by atoms with Crippen LogP contribution in [0.3, 0.4) is 0 Å². The summed E-state index contributed by atoms with van der Waals surface area (Å²) in [5.74, 6) is 1.04. The zero-order valence-electron chi connectivity index (χ0n) is 14.8. The number of rotatable bonds is 5. The van der Waals surface area contributed by atoms with E-state index in [-0.39, 0.29) is 12.0 Å². The fourth-order valence-electron chi connectivity index (χ4n) is 4.63. The fraction of sp³-hybridized carbons (Fsp3) is 0.684. The molecule has 2 aliphatic rings. The van der Waals surface area contributed by atoms with E-state index in [1.807, 2.05) is 31.2 Å². The van der Waals surface area contributed by atoms with Crippen molar-refractivity contribution in [2.75, 3.05) is 7.11 Å². The molecule has 2 fully saturated rings. The van der Waals surface area contributed by atoms with E-state index >= 15 is 0 Å². The van der Waals surface area contributed by atoms with Gasteiger partial charge in [0.05, 0.1) is 19.3 Å². The molecule has 0 aliphatic carbocycles. The van der Waals surface area contributed by atoms with Crippen molar-refractivity contribution in [1.82, 2.24) is 0 Å². The van der Waals surface area contributed by atoms with Crippen LogP contribution in [0.4, 0.5) is 0 Å². The Morgan fingerprint density at radius 1 is 1.26 bits per heavy atom. The largest absolute Gasteiger partial charge is 0.496 e. The number of benzene rings is 1. The van der Waals surface area contributed by atoms with Crippen molar-refractivity contribution < 1.29 is 19.3 Å². The predicted octanol–water partition coefficient (Wildman–Crippen LogP) is 3.31. The Balaban J connectivity index is 1.83. The molecular weight excluding hydrogens is 292 g/mol. The third-order valence-corrected chi connectivity index (χ3v) is 5.86. The van der Waals surface area contributed by atoms with Crippen molar-refractivity contribution in [1.29, 1.82) is 0 Å². The van der Waals surface area contributed by atoms with Crippen molar-refractivity contribution in [3.63, 3.8) is 0 Å². The Kier molecular flexibility index (Phi) is 3.98. The topological polar surface area (TPSA) is 47.9 Å². The minimum absolute atomic E-state index is 0.235. The molecule has 1 N–H and O–H groups in total. The Morgan fingerprint density at radius 2 is 1.96 bits per heavy atom. The van der Waals surface area contributed by atoms with E-state index in [9.17, 15) is 5.11 Å². The number of methoxy groups -OCH3 is 1. The molecule has 128 valence electrons. The molecule has 0 amide bonds. The Bertz CT molecular complexity index is 582. The number of hydrogen-bond donors (Lipinski definition) is 1. The lowest BCUT2D eigenvalue weighted by molar-refractivity contribution is -0.160. The summed E-state index contributed by atoms with van der Waals surface area (Å²) in [4.78, 5) is 0. The summed E-state index contributed by atoms with van der Waals surface area (Å²) in [5, 5.41) is 11.3. The molecule has 1 aromatic carbocycles. The van der Waals surface area contributed by atoms with Crippen molar-refractivity contribution in [3.8, 4) is 5.75 Å². The first kappa shape index (κ1) is 16.7. The van der Waals surface area contributed by atoms with Gasteiger partial charge in [-0.15, -0.1) is 0 Å². The van der Waals surface area contributed by atoms with Crippen LogP contribution in [-0.2, 0) is 16.1 Å². The number of ether oxygens (including phenoxy) is 3. The van der Waals surface area contributed by atoms with Crippen LogP contribution in [-0.4, -0.2) is 35.1 Å². The van der Waals surface area contributed by atoms with Crippen LogP contribution in [0.15, 0.2) is 24.3 Å². The zero-order valence-corrected chi connectivity index (χ0v) is 14.8. The zero-order chi connectivity index (χ0) is 16.9. The van der Waals surface area contributed by atoms with Gasteiger partial charge in [0.2, 0.25) is 0 Å². The van der Waals surface area contributed by atoms with Gasteiger partial charge in [-0.2, -0.15) is 0 Å². The predicted molar refractivity (Wildman–Crippen MR) is 88.5 cm³/mol. The number of aliphatic hydroxyl groups is 1. The molecule has 0 saturated carbocycles. The smallest absolute Gasteiger partial charge is 0.124 e. The lowest BCUT2D eigenvalue weighted by Crippen LogP contribution is -2.60. The molecule has 2 saturated heterocycles. The quantitative estimate of drug-likeness (QED) is 0.904. The summed E-state index contributed by atoms with van der Waals surface area (Å²) < 4.78 is 18.0. The standard InChI is InChI=1S/C19H28O4/c1-13(2)19-11-10-17(3,23-19)16(18(19,4)20)22-12-14-8-6-7-9-15(14)21-5/h6-9,13,16,20H,10-12H2,1-5H3/t16-,17-,18?,19-/m0/s1. The molecule has 0 radical (unpaired) electrons. The van der Waals surface area contributed by atoms with Gasteiger partial charge in [-0.05, 0) is 38.7 Å². The molecule has 2 aliphatic heterocycles. The van der Waals surface area contributed by atoms with Crippen molar-refractivity contribution >= 4 is 0 Å². The van der Waals surface area contributed by atoms with Crippen LogP contribution in [0.2, 0.25) is 0 Å². The molecule has 1 unspecified atom stereocenters. The first-order valence-corrected chi connectivity index (χ1v) is 8.43. The maximum atomic E-state index is 11.3. The lowest BCUT2D eigenvalue weighted by atomic mass is 9.66. The molecule has 0 spiro atoms. The molecule has 2 heterocycles. The van der Waals surface area contributed by atoms with Gasteiger partial charge in [-0.1, -0.05) is 32.0 Å². The number of fused-ring (bicyclic) bond motifs is 2. The van der Waals surface area contributed by atoms with Gasteiger partial charge in [0.15, 0.2) is 0 Å². The van der Waals surface area contributed by atoms with Gasteiger partial charge in [-0.3, -0.25) is 0 Å². The Labute approximate surface area is 138 Å². The average Bonchev–Trinajstić information content (AvgIpc) is 2.95. The lowest BCUT2D eigenvalue weighted by Gasteiger charge is -2.45. The molecule has 1 aromatic rings. The minimum Gasteiger partial charge on any atom is -0.496 e. The van der Waals surface area contributed by atoms with E-state index in [0.29, 0.717) is 6.61 Å². The molecule has 2 bridgehead atoms. The summed E-state index contributed by atoms with van der Waals surface area (Å²) in [6.07, 6.45) is 1.44. The minimum atomic E-state index is -1.00.